The Labute approximate surface area is 141 Å². The summed E-state index contributed by atoms with van der Waals surface area (Å²) in [5, 5.41) is 2.87. The molecule has 110 valence electrons. The highest BCUT2D eigenvalue weighted by atomic mass is 79.9. The van der Waals surface area contributed by atoms with E-state index in [0.717, 1.165) is 20.7 Å². The van der Waals surface area contributed by atoms with Gasteiger partial charge in [-0.3, -0.25) is 0 Å². The van der Waals surface area contributed by atoms with Crippen LogP contribution in [0.1, 0.15) is 16.1 Å². The van der Waals surface area contributed by atoms with Crippen LogP contribution in [0.2, 0.25) is 0 Å². The Bertz CT molecular complexity index is 821. The number of aromatic nitrogens is 1. The third-order valence-electron chi connectivity index (χ3n) is 3.23. The first kappa shape index (κ1) is 15.1. The standard InChI is InChI=1S/C18H13BrFNS/c1-12-2-4-13(5-3-12)17-11-22-18(21-17)9-6-14-10-15(19)7-8-16(14)20/h2-11H,1H3/b9-6+. The number of rotatable bonds is 3. The van der Waals surface area contributed by atoms with Crippen LogP contribution in [-0.4, -0.2) is 4.98 Å². The zero-order valence-electron chi connectivity index (χ0n) is 11.9. The third-order valence-corrected chi connectivity index (χ3v) is 4.54. The summed E-state index contributed by atoms with van der Waals surface area (Å²) in [5.41, 5.74) is 3.81. The fraction of sp³-hybridized carbons (Fsp3) is 0.0556. The van der Waals surface area contributed by atoms with Crippen LogP contribution in [0.5, 0.6) is 0 Å². The molecule has 0 unspecified atom stereocenters. The number of aryl methyl sites for hydroxylation is 1. The van der Waals surface area contributed by atoms with Crippen molar-refractivity contribution in [2.75, 3.05) is 0 Å². The molecule has 0 N–H and O–H groups in total. The Morgan fingerprint density at radius 2 is 1.86 bits per heavy atom. The molecule has 3 aromatic rings. The first-order chi connectivity index (χ1) is 10.6. The van der Waals surface area contributed by atoms with Crippen LogP contribution < -0.4 is 0 Å². The topological polar surface area (TPSA) is 12.9 Å². The molecule has 0 atom stereocenters. The molecule has 1 heterocycles. The maximum atomic E-state index is 13.7. The number of hydrogen-bond donors (Lipinski definition) is 0. The third kappa shape index (κ3) is 3.51. The molecule has 0 aliphatic rings. The molecule has 1 nitrogen and oxygen atoms in total. The van der Waals surface area contributed by atoms with Gasteiger partial charge in [0, 0.05) is 21.0 Å². The lowest BCUT2D eigenvalue weighted by Gasteiger charge is -1.97. The molecule has 0 saturated carbocycles. The second-order valence-corrected chi connectivity index (χ2v) is 6.74. The summed E-state index contributed by atoms with van der Waals surface area (Å²) in [7, 11) is 0. The predicted octanol–water partition coefficient (Wildman–Crippen LogP) is 6.19. The SMILES string of the molecule is Cc1ccc(-c2csc(/C=C/c3cc(Br)ccc3F)n2)cc1. The molecule has 0 saturated heterocycles. The van der Waals surface area contributed by atoms with Gasteiger partial charge in [-0.15, -0.1) is 11.3 Å². The Balaban J connectivity index is 1.83. The van der Waals surface area contributed by atoms with Gasteiger partial charge in [0.25, 0.3) is 0 Å². The van der Waals surface area contributed by atoms with Gasteiger partial charge in [-0.2, -0.15) is 0 Å². The Hall–Kier alpha value is -1.78. The minimum atomic E-state index is -0.241. The zero-order valence-corrected chi connectivity index (χ0v) is 14.3. The molecule has 1 aromatic heterocycles. The van der Waals surface area contributed by atoms with Crippen molar-refractivity contribution in [1.82, 2.24) is 4.98 Å². The van der Waals surface area contributed by atoms with E-state index in [9.17, 15) is 4.39 Å². The summed E-state index contributed by atoms with van der Waals surface area (Å²) in [6.45, 7) is 2.06. The minimum Gasteiger partial charge on any atom is -0.237 e. The highest BCUT2D eigenvalue weighted by Gasteiger charge is 2.03. The lowest BCUT2D eigenvalue weighted by atomic mass is 10.1. The lowest BCUT2D eigenvalue weighted by Crippen LogP contribution is -1.81. The highest BCUT2D eigenvalue weighted by Crippen LogP contribution is 2.24. The van der Waals surface area contributed by atoms with Gasteiger partial charge in [-0.25, -0.2) is 9.37 Å². The lowest BCUT2D eigenvalue weighted by molar-refractivity contribution is 0.625. The van der Waals surface area contributed by atoms with Gasteiger partial charge in [0.05, 0.1) is 5.69 Å². The van der Waals surface area contributed by atoms with Gasteiger partial charge in [-0.05, 0) is 37.3 Å². The number of thiazole rings is 1. The minimum absolute atomic E-state index is 0.241. The number of hydrogen-bond acceptors (Lipinski definition) is 2. The Kier molecular flexibility index (Phi) is 4.50. The van der Waals surface area contributed by atoms with Gasteiger partial charge >= 0.3 is 0 Å². The van der Waals surface area contributed by atoms with Crippen molar-refractivity contribution >= 4 is 39.4 Å². The normalized spacial score (nSPS) is 11.2. The van der Waals surface area contributed by atoms with Crippen molar-refractivity contribution < 1.29 is 4.39 Å². The van der Waals surface area contributed by atoms with E-state index in [2.05, 4.69) is 52.1 Å². The average molecular weight is 374 g/mol. The van der Waals surface area contributed by atoms with Crippen LogP contribution in [0.25, 0.3) is 23.4 Å². The van der Waals surface area contributed by atoms with Crippen LogP contribution in [0, 0.1) is 12.7 Å². The largest absolute Gasteiger partial charge is 0.237 e. The number of nitrogens with zero attached hydrogens (tertiary/aromatic N) is 1. The molecule has 0 radical (unpaired) electrons. The Morgan fingerprint density at radius 1 is 1.09 bits per heavy atom. The predicted molar refractivity (Wildman–Crippen MR) is 95.3 cm³/mol. The molecule has 0 aliphatic heterocycles. The summed E-state index contributed by atoms with van der Waals surface area (Å²) in [6, 6.07) is 13.1. The number of benzene rings is 2. The number of halogens is 2. The summed E-state index contributed by atoms with van der Waals surface area (Å²) >= 11 is 4.90. The van der Waals surface area contributed by atoms with E-state index < -0.39 is 0 Å². The highest BCUT2D eigenvalue weighted by molar-refractivity contribution is 9.10. The zero-order chi connectivity index (χ0) is 15.5. The van der Waals surface area contributed by atoms with Crippen LogP contribution in [-0.2, 0) is 0 Å². The van der Waals surface area contributed by atoms with Gasteiger partial charge in [0.15, 0.2) is 0 Å². The van der Waals surface area contributed by atoms with E-state index in [0.29, 0.717) is 5.56 Å². The molecule has 0 bridgehead atoms. The molecular weight excluding hydrogens is 361 g/mol. The molecule has 22 heavy (non-hydrogen) atoms. The fourth-order valence-electron chi connectivity index (χ4n) is 2.02. The van der Waals surface area contributed by atoms with Crippen LogP contribution in [0.4, 0.5) is 4.39 Å². The molecular formula is C18H13BrFNS. The summed E-state index contributed by atoms with van der Waals surface area (Å²) < 4.78 is 14.5. The average Bonchev–Trinajstić information content (AvgIpc) is 2.98. The Morgan fingerprint density at radius 3 is 2.64 bits per heavy atom. The van der Waals surface area contributed by atoms with Gasteiger partial charge < -0.3 is 0 Å². The molecule has 0 aliphatic carbocycles. The van der Waals surface area contributed by atoms with Crippen LogP contribution in [0.15, 0.2) is 52.3 Å². The van der Waals surface area contributed by atoms with Crippen LogP contribution >= 0.6 is 27.3 Å². The quantitative estimate of drug-likeness (QED) is 0.533. The van der Waals surface area contributed by atoms with Gasteiger partial charge in [-0.1, -0.05) is 45.8 Å². The van der Waals surface area contributed by atoms with Crippen LogP contribution in [0.3, 0.4) is 0 Å². The van der Waals surface area contributed by atoms with E-state index in [1.807, 2.05) is 11.5 Å². The van der Waals surface area contributed by atoms with Crippen molar-refractivity contribution in [2.45, 2.75) is 6.92 Å². The molecule has 0 spiro atoms. The van der Waals surface area contributed by atoms with Crippen molar-refractivity contribution in [3.8, 4) is 11.3 Å². The monoisotopic (exact) mass is 373 g/mol. The molecule has 0 amide bonds. The molecule has 2 aromatic carbocycles. The smallest absolute Gasteiger partial charge is 0.130 e. The van der Waals surface area contributed by atoms with E-state index in [4.69, 9.17) is 0 Å². The summed E-state index contributed by atoms with van der Waals surface area (Å²) in [6.07, 6.45) is 3.59. The van der Waals surface area contributed by atoms with Crippen molar-refractivity contribution in [3.05, 3.63) is 74.3 Å². The van der Waals surface area contributed by atoms with Crippen molar-refractivity contribution in [2.24, 2.45) is 0 Å². The van der Waals surface area contributed by atoms with E-state index in [1.54, 1.807) is 29.5 Å². The van der Waals surface area contributed by atoms with E-state index in [1.165, 1.54) is 11.6 Å². The first-order valence-electron chi connectivity index (χ1n) is 6.77. The maximum Gasteiger partial charge on any atom is 0.130 e. The second-order valence-electron chi connectivity index (χ2n) is 4.94. The van der Waals surface area contributed by atoms with Gasteiger partial charge in [0.2, 0.25) is 0 Å². The van der Waals surface area contributed by atoms with Crippen molar-refractivity contribution in [1.29, 1.82) is 0 Å². The van der Waals surface area contributed by atoms with Gasteiger partial charge in [0.1, 0.15) is 10.8 Å². The summed E-state index contributed by atoms with van der Waals surface area (Å²) in [5.74, 6) is -0.241. The summed E-state index contributed by atoms with van der Waals surface area (Å²) in [4.78, 5) is 4.57. The van der Waals surface area contributed by atoms with E-state index in [-0.39, 0.29) is 5.82 Å². The van der Waals surface area contributed by atoms with Crippen molar-refractivity contribution in [3.63, 3.8) is 0 Å². The second kappa shape index (κ2) is 6.55. The van der Waals surface area contributed by atoms with E-state index >= 15 is 0 Å². The first-order valence-corrected chi connectivity index (χ1v) is 8.45. The molecule has 0 fully saturated rings. The maximum absolute atomic E-state index is 13.7. The fourth-order valence-corrected chi connectivity index (χ4v) is 3.12. The molecule has 3 rings (SSSR count). The molecule has 4 heteroatoms.